The van der Waals surface area contributed by atoms with E-state index in [2.05, 4.69) is 49.2 Å². The first-order valence-electron chi connectivity index (χ1n) is 6.98. The van der Waals surface area contributed by atoms with Gasteiger partial charge in [-0.3, -0.25) is 4.79 Å². The maximum Gasteiger partial charge on any atom is 0.217 e. The predicted octanol–water partition coefficient (Wildman–Crippen LogP) is 1.98. The third kappa shape index (κ3) is 6.54. The summed E-state index contributed by atoms with van der Waals surface area (Å²) < 4.78 is 0. The van der Waals surface area contributed by atoms with Gasteiger partial charge in [0.15, 0.2) is 0 Å². The van der Waals surface area contributed by atoms with Crippen molar-refractivity contribution in [3.8, 4) is 0 Å². The van der Waals surface area contributed by atoms with E-state index >= 15 is 0 Å². The van der Waals surface area contributed by atoms with Crippen molar-refractivity contribution in [1.82, 2.24) is 5.32 Å². The Bertz CT molecular complexity index is 396. The van der Waals surface area contributed by atoms with Crippen LogP contribution in [-0.2, 0) is 11.3 Å². The summed E-state index contributed by atoms with van der Waals surface area (Å²) in [5, 5.41) is 4.89. The van der Waals surface area contributed by atoms with Crippen molar-refractivity contribution < 1.29 is 4.79 Å². The number of rotatable bonds is 8. The lowest BCUT2D eigenvalue weighted by Gasteiger charge is -2.16. The molecule has 0 bridgehead atoms. The summed E-state index contributed by atoms with van der Waals surface area (Å²) in [5.74, 6) is -0.207. The van der Waals surface area contributed by atoms with Crippen LogP contribution in [0.4, 0.5) is 0 Å². The van der Waals surface area contributed by atoms with Crippen molar-refractivity contribution in [3.63, 3.8) is 0 Å². The van der Waals surface area contributed by atoms with Crippen molar-refractivity contribution in [3.05, 3.63) is 29.8 Å². The fraction of sp³-hybridized carbons (Fsp3) is 0.533. The molecule has 3 N–H and O–H groups in total. The zero-order valence-electron chi connectivity index (χ0n) is 12.3. The van der Waals surface area contributed by atoms with Crippen LogP contribution in [0.5, 0.6) is 0 Å². The van der Waals surface area contributed by atoms with Crippen LogP contribution in [0.15, 0.2) is 24.3 Å². The first-order chi connectivity index (χ1) is 8.89. The van der Waals surface area contributed by atoms with E-state index in [1.165, 1.54) is 10.8 Å². The molecule has 0 radical (unpaired) electrons. The molecule has 0 aliphatic heterocycles. The molecule has 1 rings (SSSR count). The summed E-state index contributed by atoms with van der Waals surface area (Å²) in [6.07, 6.45) is 2.36. The molecule has 1 aromatic carbocycles. The fourth-order valence-electron chi connectivity index (χ4n) is 1.90. The quantitative estimate of drug-likeness (QED) is 0.564. The summed E-state index contributed by atoms with van der Waals surface area (Å²) in [5.41, 5.74) is 6.41. The van der Waals surface area contributed by atoms with Crippen LogP contribution in [0.3, 0.4) is 0 Å². The van der Waals surface area contributed by atoms with Gasteiger partial charge >= 0.3 is 0 Å². The molecular weight excluding hydrogens is 252 g/mol. The third-order valence-corrected chi connectivity index (χ3v) is 5.24. The Kier molecular flexibility index (Phi) is 6.25. The Morgan fingerprint density at radius 1 is 1.16 bits per heavy atom. The molecule has 0 fully saturated rings. The lowest BCUT2D eigenvalue weighted by atomic mass is 10.2. The molecular formula is C15H26N2OSi. The normalized spacial score (nSPS) is 11.5. The maximum atomic E-state index is 10.6. The van der Waals surface area contributed by atoms with Crippen molar-refractivity contribution in [1.29, 1.82) is 0 Å². The average Bonchev–Trinajstić information content (AvgIpc) is 2.32. The highest BCUT2D eigenvalue weighted by molar-refractivity contribution is 6.88. The molecule has 3 nitrogen and oxygen atoms in total. The van der Waals surface area contributed by atoms with E-state index in [4.69, 9.17) is 5.73 Å². The Labute approximate surface area is 117 Å². The average molecular weight is 278 g/mol. The molecule has 4 heteroatoms. The highest BCUT2D eigenvalue weighted by atomic mass is 28.3. The third-order valence-electron chi connectivity index (χ3n) is 3.18. The summed E-state index contributed by atoms with van der Waals surface area (Å²) >= 11 is 0. The van der Waals surface area contributed by atoms with Gasteiger partial charge in [-0.05, 0) is 24.9 Å². The predicted molar refractivity (Wildman–Crippen MR) is 84.2 cm³/mol. The van der Waals surface area contributed by atoms with E-state index in [9.17, 15) is 4.79 Å². The maximum absolute atomic E-state index is 10.6. The second kappa shape index (κ2) is 7.45. The first-order valence-corrected chi connectivity index (χ1v) is 10.5. The van der Waals surface area contributed by atoms with E-state index in [-0.39, 0.29) is 5.91 Å². The topological polar surface area (TPSA) is 55.1 Å². The standard InChI is InChI=1S/C15H26N2OSi/c1-19(2,3)14-9-7-13(8-10-14)12-17-11-5-4-6-15(16)18/h7-10,17H,4-6,11-12H2,1-3H3,(H2,16,18). The van der Waals surface area contributed by atoms with Gasteiger partial charge < -0.3 is 11.1 Å². The van der Waals surface area contributed by atoms with Gasteiger partial charge in [0.2, 0.25) is 5.91 Å². The molecule has 1 amide bonds. The van der Waals surface area contributed by atoms with Crippen molar-refractivity contribution in [2.75, 3.05) is 6.54 Å². The molecule has 0 aliphatic rings. The summed E-state index contributed by atoms with van der Waals surface area (Å²) in [7, 11) is -1.18. The second-order valence-electron chi connectivity index (χ2n) is 6.05. The van der Waals surface area contributed by atoms with Crippen molar-refractivity contribution >= 4 is 19.2 Å². The zero-order valence-corrected chi connectivity index (χ0v) is 13.3. The van der Waals surface area contributed by atoms with Crippen LogP contribution in [-0.4, -0.2) is 20.5 Å². The molecule has 106 valence electrons. The number of nitrogens with two attached hydrogens (primary N) is 1. The molecule has 0 atom stereocenters. The summed E-state index contributed by atoms with van der Waals surface area (Å²) in [6, 6.07) is 8.95. The van der Waals surface area contributed by atoms with Gasteiger partial charge in [-0.2, -0.15) is 0 Å². The minimum absolute atomic E-state index is 0.207. The van der Waals surface area contributed by atoms with Gasteiger partial charge in [0.25, 0.3) is 0 Å². The minimum Gasteiger partial charge on any atom is -0.370 e. The molecule has 19 heavy (non-hydrogen) atoms. The van der Waals surface area contributed by atoms with E-state index in [1.807, 2.05) is 0 Å². The van der Waals surface area contributed by atoms with Crippen molar-refractivity contribution in [2.45, 2.75) is 45.4 Å². The number of carbonyl (C=O) groups is 1. The Morgan fingerprint density at radius 2 is 1.79 bits per heavy atom. The molecule has 0 heterocycles. The molecule has 0 saturated heterocycles. The number of hydrogen-bond acceptors (Lipinski definition) is 2. The van der Waals surface area contributed by atoms with Gasteiger partial charge in [0.1, 0.15) is 0 Å². The molecule has 1 aromatic rings. The second-order valence-corrected chi connectivity index (χ2v) is 11.1. The Balaban J connectivity index is 2.25. The van der Waals surface area contributed by atoms with Gasteiger partial charge in [-0.15, -0.1) is 0 Å². The Hall–Kier alpha value is -1.13. The number of hydrogen-bond donors (Lipinski definition) is 2. The van der Waals surface area contributed by atoms with Crippen LogP contribution in [0.25, 0.3) is 0 Å². The lowest BCUT2D eigenvalue weighted by molar-refractivity contribution is -0.118. The highest BCUT2D eigenvalue weighted by Gasteiger charge is 2.15. The van der Waals surface area contributed by atoms with E-state index in [1.54, 1.807) is 0 Å². The van der Waals surface area contributed by atoms with Crippen LogP contribution in [0, 0.1) is 0 Å². The number of amides is 1. The zero-order chi connectivity index (χ0) is 14.3. The van der Waals surface area contributed by atoms with Crippen LogP contribution in [0.1, 0.15) is 24.8 Å². The number of primary amides is 1. The highest BCUT2D eigenvalue weighted by Crippen LogP contribution is 2.04. The molecule has 0 aliphatic carbocycles. The smallest absolute Gasteiger partial charge is 0.217 e. The van der Waals surface area contributed by atoms with Crippen LogP contribution < -0.4 is 16.2 Å². The summed E-state index contributed by atoms with van der Waals surface area (Å²) in [4.78, 5) is 10.6. The van der Waals surface area contributed by atoms with E-state index < -0.39 is 8.07 Å². The van der Waals surface area contributed by atoms with Crippen molar-refractivity contribution in [2.24, 2.45) is 5.73 Å². The summed E-state index contributed by atoms with van der Waals surface area (Å²) in [6.45, 7) is 8.91. The molecule has 0 spiro atoms. The van der Waals surface area contributed by atoms with Crippen LogP contribution in [0.2, 0.25) is 19.6 Å². The lowest BCUT2D eigenvalue weighted by Crippen LogP contribution is -2.37. The number of benzene rings is 1. The van der Waals surface area contributed by atoms with Gasteiger partial charge in [0, 0.05) is 13.0 Å². The first kappa shape index (κ1) is 15.9. The van der Waals surface area contributed by atoms with Gasteiger partial charge in [0.05, 0.1) is 8.07 Å². The Morgan fingerprint density at radius 3 is 2.32 bits per heavy atom. The van der Waals surface area contributed by atoms with Gasteiger partial charge in [-0.25, -0.2) is 0 Å². The fourth-order valence-corrected chi connectivity index (χ4v) is 3.07. The minimum atomic E-state index is -1.18. The molecule has 0 aromatic heterocycles. The molecule has 0 saturated carbocycles. The SMILES string of the molecule is C[Si](C)(C)c1ccc(CNCCCCC(N)=O)cc1. The molecule has 0 unspecified atom stereocenters. The largest absolute Gasteiger partial charge is 0.370 e. The van der Waals surface area contributed by atoms with Crippen LogP contribution >= 0.6 is 0 Å². The van der Waals surface area contributed by atoms with E-state index in [0.717, 1.165) is 25.9 Å². The van der Waals surface area contributed by atoms with E-state index in [0.29, 0.717) is 6.42 Å². The van der Waals surface area contributed by atoms with Gasteiger partial charge in [-0.1, -0.05) is 49.1 Å². The number of unbranched alkanes of at least 4 members (excludes halogenated alkanes) is 1. The number of carbonyl (C=O) groups excluding carboxylic acids is 1. The monoisotopic (exact) mass is 278 g/mol. The number of nitrogens with one attached hydrogen (secondary N) is 1.